The number of halogens is 4. The third kappa shape index (κ3) is 5.19. The van der Waals surface area contributed by atoms with E-state index in [1.807, 2.05) is 0 Å². The van der Waals surface area contributed by atoms with Gasteiger partial charge in [0, 0.05) is 25.4 Å². The molecule has 2 rings (SSSR count). The molecule has 0 aromatic heterocycles. The number of hydrogen-bond donors (Lipinski definition) is 0. The Balaban J connectivity index is 1.90. The molecule has 0 bridgehead atoms. The van der Waals surface area contributed by atoms with Gasteiger partial charge < -0.3 is 4.90 Å². The molecule has 1 amide bonds. The van der Waals surface area contributed by atoms with Gasteiger partial charge in [-0.15, -0.1) is 3.89 Å². The largest absolute Gasteiger partial charge is 0.416 e. The van der Waals surface area contributed by atoms with E-state index in [0.717, 1.165) is 12.1 Å². The van der Waals surface area contributed by atoms with Crippen LogP contribution in [0.25, 0.3) is 0 Å². The second kappa shape index (κ2) is 6.46. The highest BCUT2D eigenvalue weighted by Gasteiger charge is 2.33. The van der Waals surface area contributed by atoms with Crippen LogP contribution in [0.1, 0.15) is 17.5 Å². The Bertz CT molecular complexity index is 670. The number of benzene rings is 1. The minimum atomic E-state index is -4.63. The quantitative estimate of drug-likeness (QED) is 0.603. The third-order valence-corrected chi connectivity index (χ3v) is 4.55. The van der Waals surface area contributed by atoms with Crippen molar-refractivity contribution in [2.24, 2.45) is 5.92 Å². The summed E-state index contributed by atoms with van der Waals surface area (Å²) in [4.78, 5) is 13.1. The second-order valence-corrected chi connectivity index (χ2v) is 6.97. The molecule has 9 heteroatoms. The van der Waals surface area contributed by atoms with Crippen LogP contribution < -0.4 is 0 Å². The fourth-order valence-electron chi connectivity index (χ4n) is 2.59. The topological polar surface area (TPSA) is 54.5 Å². The van der Waals surface area contributed by atoms with E-state index in [4.69, 9.17) is 0 Å². The van der Waals surface area contributed by atoms with Crippen LogP contribution in [0, 0.1) is 5.92 Å². The monoisotopic (exact) mass is 353 g/mol. The minimum Gasteiger partial charge on any atom is -0.342 e. The SMILES string of the molecule is O=C1CC(CS(=O)(=O)F)CN1CCc1ccc(C(F)(F)F)cc1. The number of nitrogens with zero attached hydrogens (tertiary/aromatic N) is 1. The summed E-state index contributed by atoms with van der Waals surface area (Å²) in [6.07, 6.45) is -4.08. The summed E-state index contributed by atoms with van der Waals surface area (Å²) in [6.45, 7) is 0.398. The summed E-state index contributed by atoms with van der Waals surface area (Å²) < 4.78 is 71.2. The van der Waals surface area contributed by atoms with Crippen molar-refractivity contribution in [1.82, 2.24) is 4.90 Å². The lowest BCUT2D eigenvalue weighted by Gasteiger charge is -2.16. The summed E-state index contributed by atoms with van der Waals surface area (Å²) >= 11 is 0. The minimum absolute atomic E-state index is 0.0316. The van der Waals surface area contributed by atoms with Crippen LogP contribution in [0.5, 0.6) is 0 Å². The van der Waals surface area contributed by atoms with Crippen molar-refractivity contribution in [2.75, 3.05) is 18.8 Å². The zero-order valence-electron chi connectivity index (χ0n) is 12.0. The van der Waals surface area contributed by atoms with Crippen LogP contribution in [0.15, 0.2) is 24.3 Å². The highest BCUT2D eigenvalue weighted by Crippen LogP contribution is 2.29. The predicted octanol–water partition coefficient (Wildman–Crippen LogP) is 2.40. The van der Waals surface area contributed by atoms with E-state index in [1.54, 1.807) is 0 Å². The molecule has 1 saturated heterocycles. The summed E-state index contributed by atoms with van der Waals surface area (Å²) in [5.41, 5.74) is -0.112. The Hall–Kier alpha value is -1.64. The van der Waals surface area contributed by atoms with Crippen LogP contribution in [-0.4, -0.2) is 38.1 Å². The normalized spacial score (nSPS) is 19.4. The summed E-state index contributed by atoms with van der Waals surface area (Å²) in [5.74, 6) is -1.54. The molecular formula is C14H15F4NO3S. The van der Waals surface area contributed by atoms with Gasteiger partial charge in [0.1, 0.15) is 0 Å². The molecular weight excluding hydrogens is 338 g/mol. The van der Waals surface area contributed by atoms with E-state index < -0.39 is 33.6 Å². The molecule has 1 unspecified atom stereocenters. The standard InChI is InChI=1S/C14H15F4NO3S/c15-14(16,17)12-3-1-10(2-4-12)5-6-19-8-11(7-13(19)20)9-23(18,21)22/h1-4,11H,5-9H2. The molecule has 0 radical (unpaired) electrons. The van der Waals surface area contributed by atoms with E-state index in [0.29, 0.717) is 12.0 Å². The van der Waals surface area contributed by atoms with E-state index in [2.05, 4.69) is 0 Å². The maximum atomic E-state index is 12.6. The predicted molar refractivity (Wildman–Crippen MR) is 74.7 cm³/mol. The molecule has 23 heavy (non-hydrogen) atoms. The molecule has 1 aromatic rings. The number of amides is 1. The van der Waals surface area contributed by atoms with Crippen LogP contribution in [0.2, 0.25) is 0 Å². The number of alkyl halides is 3. The van der Waals surface area contributed by atoms with Gasteiger partial charge in [0.15, 0.2) is 0 Å². The molecule has 1 aliphatic rings. The number of carbonyl (C=O) groups is 1. The first kappa shape index (κ1) is 17.7. The first-order valence-corrected chi connectivity index (χ1v) is 8.46. The third-order valence-electron chi connectivity index (χ3n) is 3.68. The van der Waals surface area contributed by atoms with Crippen LogP contribution in [0.3, 0.4) is 0 Å². The summed E-state index contributed by atoms with van der Waals surface area (Å²) in [6, 6.07) is 4.62. The lowest BCUT2D eigenvalue weighted by atomic mass is 10.1. The Morgan fingerprint density at radius 2 is 1.78 bits per heavy atom. The van der Waals surface area contributed by atoms with Crippen molar-refractivity contribution in [1.29, 1.82) is 0 Å². The number of rotatable bonds is 5. The van der Waals surface area contributed by atoms with Crippen molar-refractivity contribution in [3.05, 3.63) is 35.4 Å². The average molecular weight is 353 g/mol. The summed E-state index contributed by atoms with van der Waals surface area (Å²) in [7, 11) is -4.63. The van der Waals surface area contributed by atoms with Crippen molar-refractivity contribution in [2.45, 2.75) is 19.0 Å². The van der Waals surface area contributed by atoms with Gasteiger partial charge in [-0.25, -0.2) is 0 Å². The fourth-order valence-corrected chi connectivity index (χ4v) is 3.37. The van der Waals surface area contributed by atoms with Gasteiger partial charge in [-0.1, -0.05) is 12.1 Å². The molecule has 1 atom stereocenters. The van der Waals surface area contributed by atoms with E-state index in [1.165, 1.54) is 17.0 Å². The Kier molecular flexibility index (Phi) is 4.98. The van der Waals surface area contributed by atoms with Gasteiger partial charge in [0.05, 0.1) is 11.3 Å². The highest BCUT2D eigenvalue weighted by atomic mass is 32.3. The van der Waals surface area contributed by atoms with E-state index in [9.17, 15) is 30.3 Å². The molecule has 1 fully saturated rings. The van der Waals surface area contributed by atoms with E-state index >= 15 is 0 Å². The van der Waals surface area contributed by atoms with Crippen molar-refractivity contribution >= 4 is 16.1 Å². The maximum Gasteiger partial charge on any atom is 0.416 e. The Morgan fingerprint density at radius 3 is 2.30 bits per heavy atom. The van der Waals surface area contributed by atoms with Crippen LogP contribution in [0.4, 0.5) is 17.1 Å². The van der Waals surface area contributed by atoms with Crippen molar-refractivity contribution in [3.63, 3.8) is 0 Å². The number of likely N-dealkylation sites (tertiary alicyclic amines) is 1. The van der Waals surface area contributed by atoms with Gasteiger partial charge in [-0.05, 0) is 24.1 Å². The van der Waals surface area contributed by atoms with Crippen molar-refractivity contribution in [3.8, 4) is 0 Å². The smallest absolute Gasteiger partial charge is 0.342 e. The van der Waals surface area contributed by atoms with Gasteiger partial charge >= 0.3 is 16.4 Å². The maximum absolute atomic E-state index is 12.6. The van der Waals surface area contributed by atoms with Crippen LogP contribution in [-0.2, 0) is 27.6 Å². The summed E-state index contributed by atoms with van der Waals surface area (Å²) in [5, 5.41) is 0. The number of hydrogen-bond acceptors (Lipinski definition) is 3. The van der Waals surface area contributed by atoms with Gasteiger partial charge in [-0.2, -0.15) is 21.6 Å². The van der Waals surface area contributed by atoms with Gasteiger partial charge in [0.25, 0.3) is 0 Å². The molecule has 1 heterocycles. The molecule has 128 valence electrons. The molecule has 4 nitrogen and oxygen atoms in total. The van der Waals surface area contributed by atoms with Crippen molar-refractivity contribution < 1.29 is 30.3 Å². The second-order valence-electron chi connectivity index (χ2n) is 5.56. The fraction of sp³-hybridized carbons (Fsp3) is 0.500. The molecule has 0 aliphatic carbocycles. The average Bonchev–Trinajstić information content (AvgIpc) is 2.73. The molecule has 1 aromatic carbocycles. The zero-order chi connectivity index (χ0) is 17.3. The Morgan fingerprint density at radius 1 is 1.17 bits per heavy atom. The van der Waals surface area contributed by atoms with Crippen LogP contribution >= 0.6 is 0 Å². The number of carbonyl (C=O) groups excluding carboxylic acids is 1. The molecule has 1 aliphatic heterocycles. The zero-order valence-corrected chi connectivity index (χ0v) is 12.8. The first-order chi connectivity index (χ1) is 10.5. The molecule has 0 saturated carbocycles. The Labute approximate surface area is 131 Å². The molecule has 0 N–H and O–H groups in total. The molecule has 0 spiro atoms. The van der Waals surface area contributed by atoms with Gasteiger partial charge in [0.2, 0.25) is 5.91 Å². The lowest BCUT2D eigenvalue weighted by Crippen LogP contribution is -2.28. The highest BCUT2D eigenvalue weighted by molar-refractivity contribution is 7.86. The van der Waals surface area contributed by atoms with Gasteiger partial charge in [-0.3, -0.25) is 4.79 Å². The van der Waals surface area contributed by atoms with E-state index in [-0.39, 0.29) is 25.4 Å². The lowest BCUT2D eigenvalue weighted by molar-refractivity contribution is -0.137. The first-order valence-electron chi connectivity index (χ1n) is 6.91.